The second-order valence-corrected chi connectivity index (χ2v) is 6.74. The van der Waals surface area contributed by atoms with Crippen LogP contribution in [0.5, 0.6) is 5.75 Å². The van der Waals surface area contributed by atoms with Crippen molar-refractivity contribution < 1.29 is 13.7 Å². The first kappa shape index (κ1) is 15.0. The average Bonchev–Trinajstić information content (AvgIpc) is 3.19. The van der Waals surface area contributed by atoms with Gasteiger partial charge in [-0.15, -0.1) is 0 Å². The van der Waals surface area contributed by atoms with Gasteiger partial charge >= 0.3 is 0 Å². The van der Waals surface area contributed by atoms with Crippen molar-refractivity contribution in [3.8, 4) is 17.1 Å². The lowest BCUT2D eigenvalue weighted by molar-refractivity contribution is 0.271. The fourth-order valence-electron chi connectivity index (χ4n) is 2.32. The molecule has 0 spiro atoms. The second kappa shape index (κ2) is 5.71. The van der Waals surface area contributed by atoms with E-state index in [2.05, 4.69) is 10.1 Å². The number of benzene rings is 1. The molecule has 0 unspecified atom stereocenters. The molecule has 1 aliphatic carbocycles. The molecule has 1 aromatic carbocycles. The van der Waals surface area contributed by atoms with Gasteiger partial charge in [-0.2, -0.15) is 4.98 Å². The number of rotatable bonds is 5. The number of halogens is 1. The highest BCUT2D eigenvalue weighted by Gasteiger charge is 2.28. The van der Waals surface area contributed by atoms with Crippen LogP contribution in [0.1, 0.15) is 51.0 Å². The molecule has 0 aliphatic heterocycles. The van der Waals surface area contributed by atoms with Crippen LogP contribution in [-0.4, -0.2) is 23.4 Å². The largest absolute Gasteiger partial charge is 0.491 e. The molecular weight excluding hydrogens is 283 g/mol. The maximum Gasteiger partial charge on any atom is 0.232 e. The van der Waals surface area contributed by atoms with Crippen molar-refractivity contribution in [2.45, 2.75) is 44.9 Å². The van der Waals surface area contributed by atoms with Crippen LogP contribution in [0.15, 0.2) is 22.7 Å². The Morgan fingerprint density at radius 2 is 2.09 bits per heavy atom. The summed E-state index contributed by atoms with van der Waals surface area (Å²) in [4.78, 5) is 4.46. The summed E-state index contributed by atoms with van der Waals surface area (Å²) in [6.07, 6.45) is 2.34. The normalized spacial score (nSPS) is 15.1. The van der Waals surface area contributed by atoms with Gasteiger partial charge in [0.25, 0.3) is 0 Å². The highest BCUT2D eigenvalue weighted by molar-refractivity contribution is 5.60. The molecule has 22 heavy (non-hydrogen) atoms. The molecule has 1 aromatic heterocycles. The third kappa shape index (κ3) is 3.13. The predicted molar refractivity (Wildman–Crippen MR) is 81.9 cm³/mol. The van der Waals surface area contributed by atoms with Gasteiger partial charge < -0.3 is 9.26 Å². The molecule has 3 rings (SSSR count). The van der Waals surface area contributed by atoms with Crippen molar-refractivity contribution in [1.29, 1.82) is 0 Å². The summed E-state index contributed by atoms with van der Waals surface area (Å²) in [5, 5.41) is 4.05. The summed E-state index contributed by atoms with van der Waals surface area (Å²) in [5.74, 6) is 2.41. The molecule has 0 atom stereocenters. The standard InChI is InChI=1S/C17H21FN2O2/c1-17(2,3)16-19-15(20-22-16)12-6-7-13(11-4-5-11)14(10-12)21-9-8-18/h6-7,10-11H,4-5,8-9H2,1-3H3. The Morgan fingerprint density at radius 3 is 2.68 bits per heavy atom. The van der Waals surface area contributed by atoms with Crippen molar-refractivity contribution >= 4 is 0 Å². The minimum Gasteiger partial charge on any atom is -0.491 e. The van der Waals surface area contributed by atoms with Crippen LogP contribution in [0.4, 0.5) is 4.39 Å². The molecule has 0 saturated heterocycles. The molecule has 1 aliphatic rings. The van der Waals surface area contributed by atoms with Crippen LogP contribution in [0, 0.1) is 0 Å². The van der Waals surface area contributed by atoms with Gasteiger partial charge in [-0.25, -0.2) is 4.39 Å². The van der Waals surface area contributed by atoms with Gasteiger partial charge in [-0.05, 0) is 30.4 Å². The minimum absolute atomic E-state index is 0.0721. The third-order valence-electron chi connectivity index (χ3n) is 3.69. The third-order valence-corrected chi connectivity index (χ3v) is 3.69. The molecule has 4 nitrogen and oxygen atoms in total. The average molecular weight is 304 g/mol. The molecule has 0 N–H and O–H groups in total. The quantitative estimate of drug-likeness (QED) is 0.828. The highest BCUT2D eigenvalue weighted by Crippen LogP contribution is 2.45. The molecule has 1 heterocycles. The topological polar surface area (TPSA) is 48.2 Å². The Balaban J connectivity index is 1.91. The van der Waals surface area contributed by atoms with Gasteiger partial charge in [0.1, 0.15) is 19.0 Å². The van der Waals surface area contributed by atoms with E-state index in [1.807, 2.05) is 39.0 Å². The van der Waals surface area contributed by atoms with Gasteiger partial charge in [0.05, 0.1) is 0 Å². The number of ether oxygens (including phenoxy) is 1. The van der Waals surface area contributed by atoms with E-state index in [4.69, 9.17) is 9.26 Å². The molecule has 1 fully saturated rings. The van der Waals surface area contributed by atoms with Gasteiger partial charge in [-0.3, -0.25) is 0 Å². The molecule has 0 amide bonds. The Labute approximate surface area is 129 Å². The summed E-state index contributed by atoms with van der Waals surface area (Å²) in [5.41, 5.74) is 1.79. The van der Waals surface area contributed by atoms with Crippen molar-refractivity contribution in [2.75, 3.05) is 13.3 Å². The summed E-state index contributed by atoms with van der Waals surface area (Å²) in [6, 6.07) is 5.90. The fraction of sp³-hybridized carbons (Fsp3) is 0.529. The maximum atomic E-state index is 12.4. The zero-order chi connectivity index (χ0) is 15.7. The predicted octanol–water partition coefficient (Wildman–Crippen LogP) is 4.26. The van der Waals surface area contributed by atoms with E-state index >= 15 is 0 Å². The van der Waals surface area contributed by atoms with Crippen molar-refractivity contribution in [2.24, 2.45) is 0 Å². The summed E-state index contributed by atoms with van der Waals surface area (Å²) < 4.78 is 23.3. The molecule has 0 bridgehead atoms. The van der Waals surface area contributed by atoms with Crippen LogP contribution in [-0.2, 0) is 5.41 Å². The highest BCUT2D eigenvalue weighted by atomic mass is 19.1. The van der Waals surface area contributed by atoms with Crippen LogP contribution in [0.3, 0.4) is 0 Å². The Kier molecular flexibility index (Phi) is 3.89. The zero-order valence-corrected chi connectivity index (χ0v) is 13.2. The van der Waals surface area contributed by atoms with Crippen LogP contribution < -0.4 is 4.74 Å². The summed E-state index contributed by atoms with van der Waals surface area (Å²) >= 11 is 0. The molecule has 2 aromatic rings. The number of aromatic nitrogens is 2. The van der Waals surface area contributed by atoms with E-state index in [1.54, 1.807) is 0 Å². The number of hydrogen-bond acceptors (Lipinski definition) is 4. The number of hydrogen-bond donors (Lipinski definition) is 0. The van der Waals surface area contributed by atoms with E-state index in [0.29, 0.717) is 17.6 Å². The lowest BCUT2D eigenvalue weighted by Gasteiger charge is -2.11. The Hall–Kier alpha value is -1.91. The first-order chi connectivity index (χ1) is 10.5. The number of alkyl halides is 1. The van der Waals surface area contributed by atoms with Crippen LogP contribution in [0.25, 0.3) is 11.4 Å². The van der Waals surface area contributed by atoms with Crippen LogP contribution >= 0.6 is 0 Å². The molecular formula is C17H21FN2O2. The van der Waals surface area contributed by atoms with E-state index in [-0.39, 0.29) is 12.0 Å². The minimum atomic E-state index is -0.495. The van der Waals surface area contributed by atoms with Crippen molar-refractivity contribution in [1.82, 2.24) is 10.1 Å². The smallest absolute Gasteiger partial charge is 0.232 e. The fourth-order valence-corrected chi connectivity index (χ4v) is 2.32. The van der Waals surface area contributed by atoms with Gasteiger partial charge in [0, 0.05) is 11.0 Å². The Morgan fingerprint density at radius 1 is 1.32 bits per heavy atom. The van der Waals surface area contributed by atoms with Crippen molar-refractivity contribution in [3.63, 3.8) is 0 Å². The maximum absolute atomic E-state index is 12.4. The zero-order valence-electron chi connectivity index (χ0n) is 13.2. The molecule has 1 saturated carbocycles. The van der Waals surface area contributed by atoms with Crippen LogP contribution in [0.2, 0.25) is 0 Å². The van der Waals surface area contributed by atoms with E-state index in [9.17, 15) is 4.39 Å². The molecule has 118 valence electrons. The monoisotopic (exact) mass is 304 g/mol. The first-order valence-corrected chi connectivity index (χ1v) is 7.66. The van der Waals surface area contributed by atoms with E-state index in [0.717, 1.165) is 16.9 Å². The van der Waals surface area contributed by atoms with E-state index < -0.39 is 6.67 Å². The lowest BCUT2D eigenvalue weighted by atomic mass is 9.97. The Bertz CT molecular complexity index is 657. The molecule has 5 heteroatoms. The van der Waals surface area contributed by atoms with Gasteiger partial charge in [0.2, 0.25) is 11.7 Å². The lowest BCUT2D eigenvalue weighted by Crippen LogP contribution is -2.11. The van der Waals surface area contributed by atoms with Crippen molar-refractivity contribution in [3.05, 3.63) is 29.7 Å². The SMILES string of the molecule is CC(C)(C)c1nc(-c2ccc(C3CC3)c(OCCF)c2)no1. The first-order valence-electron chi connectivity index (χ1n) is 7.66. The second-order valence-electron chi connectivity index (χ2n) is 6.74. The van der Waals surface area contributed by atoms with Gasteiger partial charge in [-0.1, -0.05) is 38.1 Å². The summed E-state index contributed by atoms with van der Waals surface area (Å²) in [7, 11) is 0. The van der Waals surface area contributed by atoms with Gasteiger partial charge in [0.15, 0.2) is 0 Å². The number of nitrogens with zero attached hydrogens (tertiary/aromatic N) is 2. The molecule has 0 radical (unpaired) electrons. The van der Waals surface area contributed by atoms with E-state index in [1.165, 1.54) is 12.8 Å². The summed E-state index contributed by atoms with van der Waals surface area (Å²) in [6.45, 7) is 5.65.